The minimum absolute atomic E-state index is 0.331. The van der Waals surface area contributed by atoms with E-state index in [4.69, 9.17) is 11.6 Å². The Morgan fingerprint density at radius 2 is 1.60 bits per heavy atom. The highest BCUT2D eigenvalue weighted by molar-refractivity contribution is 7.72. The van der Waals surface area contributed by atoms with E-state index in [1.165, 1.54) is 0 Å². The van der Waals surface area contributed by atoms with Gasteiger partial charge in [0, 0.05) is 11.6 Å². The van der Waals surface area contributed by atoms with Crippen LogP contribution in [0.1, 0.15) is 25.7 Å². The van der Waals surface area contributed by atoms with E-state index >= 15 is 0 Å². The van der Waals surface area contributed by atoms with Crippen LogP contribution >= 0.6 is 11.6 Å². The summed E-state index contributed by atoms with van der Waals surface area (Å²) in [4.78, 5) is 0. The molecule has 0 N–H and O–H groups in total. The lowest BCUT2D eigenvalue weighted by Gasteiger charge is -1.93. The number of rotatable bonds is 6. The lowest BCUT2D eigenvalue weighted by Crippen LogP contribution is -1.87. The fourth-order valence-electron chi connectivity index (χ4n) is 0.689. The van der Waals surface area contributed by atoms with Crippen molar-refractivity contribution in [3.05, 3.63) is 0 Å². The minimum atomic E-state index is -2.15. The molecular weight excluding hydrogens is 172 g/mol. The number of alkyl halides is 1. The van der Waals surface area contributed by atoms with Crippen LogP contribution < -0.4 is 0 Å². The van der Waals surface area contributed by atoms with E-state index in [1.54, 1.807) is 0 Å². The Hall–Kier alpha value is 0.240. The normalized spacial score (nSPS) is 10.6. The van der Waals surface area contributed by atoms with Gasteiger partial charge in [-0.1, -0.05) is 12.8 Å². The van der Waals surface area contributed by atoms with E-state index < -0.39 is 10.7 Å². The molecule has 0 bridgehead atoms. The molecule has 0 rings (SSSR count). The first-order valence-electron chi connectivity index (χ1n) is 3.45. The quantitative estimate of drug-likeness (QED) is 0.385. The smallest absolute Gasteiger partial charge is 0.140 e. The largest absolute Gasteiger partial charge is 0.232 e. The summed E-state index contributed by atoms with van der Waals surface area (Å²) < 4.78 is 20.1. The van der Waals surface area contributed by atoms with Crippen molar-refractivity contribution in [2.75, 3.05) is 11.6 Å². The molecular formula is C6H13ClO2S. The number of halogens is 1. The van der Waals surface area contributed by atoms with Crippen molar-refractivity contribution in [3.63, 3.8) is 0 Å². The van der Waals surface area contributed by atoms with Crippen LogP contribution in [-0.2, 0) is 10.7 Å². The van der Waals surface area contributed by atoms with Crippen LogP contribution in [0.2, 0.25) is 0 Å². The number of hydrogen-bond acceptors (Lipinski definition) is 2. The zero-order valence-corrected chi connectivity index (χ0v) is 7.53. The van der Waals surface area contributed by atoms with E-state index in [-0.39, 0.29) is 0 Å². The molecule has 0 aliphatic heterocycles. The SMILES string of the molecule is O=[SH](=O)CCCCCCCl. The van der Waals surface area contributed by atoms with Crippen LogP contribution in [0.15, 0.2) is 0 Å². The fourth-order valence-corrected chi connectivity index (χ4v) is 1.36. The molecule has 10 heavy (non-hydrogen) atoms. The second kappa shape index (κ2) is 7.35. The topological polar surface area (TPSA) is 34.1 Å². The predicted molar refractivity (Wildman–Crippen MR) is 44.4 cm³/mol. The summed E-state index contributed by atoms with van der Waals surface area (Å²) in [5.74, 6) is 1.02. The highest BCUT2D eigenvalue weighted by atomic mass is 35.5. The highest BCUT2D eigenvalue weighted by Gasteiger charge is 1.89. The lowest BCUT2D eigenvalue weighted by molar-refractivity contribution is 0.607. The van der Waals surface area contributed by atoms with E-state index in [9.17, 15) is 8.42 Å². The first-order chi connectivity index (χ1) is 4.77. The molecule has 0 aliphatic rings. The van der Waals surface area contributed by atoms with Gasteiger partial charge in [0.25, 0.3) is 0 Å². The van der Waals surface area contributed by atoms with Crippen molar-refractivity contribution in [3.8, 4) is 0 Å². The predicted octanol–water partition coefficient (Wildman–Crippen LogP) is 1.40. The molecule has 0 fully saturated rings. The molecule has 62 valence electrons. The van der Waals surface area contributed by atoms with Crippen molar-refractivity contribution in [2.45, 2.75) is 25.7 Å². The molecule has 0 radical (unpaired) electrons. The van der Waals surface area contributed by atoms with E-state index in [0.717, 1.165) is 25.7 Å². The van der Waals surface area contributed by atoms with Crippen molar-refractivity contribution >= 4 is 22.3 Å². The third-order valence-corrected chi connectivity index (χ3v) is 2.17. The van der Waals surface area contributed by atoms with E-state index in [2.05, 4.69) is 0 Å². The summed E-state index contributed by atoms with van der Waals surface area (Å²) in [5.41, 5.74) is 0. The molecule has 0 amide bonds. The minimum Gasteiger partial charge on any atom is -0.232 e. The third-order valence-electron chi connectivity index (χ3n) is 1.22. The fraction of sp³-hybridized carbons (Fsp3) is 1.00. The van der Waals surface area contributed by atoms with Crippen LogP contribution in [0.5, 0.6) is 0 Å². The van der Waals surface area contributed by atoms with Gasteiger partial charge in [-0.3, -0.25) is 0 Å². The zero-order chi connectivity index (χ0) is 7.82. The van der Waals surface area contributed by atoms with Gasteiger partial charge in [-0.15, -0.1) is 11.6 Å². The van der Waals surface area contributed by atoms with E-state index in [1.807, 2.05) is 0 Å². The van der Waals surface area contributed by atoms with Crippen LogP contribution in [-0.4, -0.2) is 20.1 Å². The van der Waals surface area contributed by atoms with Gasteiger partial charge in [0.05, 0.1) is 0 Å². The van der Waals surface area contributed by atoms with Crippen molar-refractivity contribution in [1.29, 1.82) is 0 Å². The monoisotopic (exact) mass is 184 g/mol. The summed E-state index contributed by atoms with van der Waals surface area (Å²) in [6, 6.07) is 0. The van der Waals surface area contributed by atoms with E-state index in [0.29, 0.717) is 11.6 Å². The van der Waals surface area contributed by atoms with Gasteiger partial charge in [0.1, 0.15) is 10.7 Å². The van der Waals surface area contributed by atoms with Gasteiger partial charge >= 0.3 is 0 Å². The van der Waals surface area contributed by atoms with Gasteiger partial charge in [-0.25, -0.2) is 8.42 Å². The average Bonchev–Trinajstić information content (AvgIpc) is 1.87. The van der Waals surface area contributed by atoms with Crippen molar-refractivity contribution < 1.29 is 8.42 Å². The van der Waals surface area contributed by atoms with Crippen LogP contribution in [0.25, 0.3) is 0 Å². The summed E-state index contributed by atoms with van der Waals surface area (Å²) in [5, 5.41) is 0. The molecule has 0 atom stereocenters. The summed E-state index contributed by atoms with van der Waals surface area (Å²) in [7, 11) is -2.15. The zero-order valence-electron chi connectivity index (χ0n) is 5.88. The molecule has 0 unspecified atom stereocenters. The summed E-state index contributed by atoms with van der Waals surface area (Å²) >= 11 is 5.42. The average molecular weight is 185 g/mol. The Labute approximate surface area is 68.5 Å². The maximum absolute atomic E-state index is 10.0. The van der Waals surface area contributed by atoms with Crippen LogP contribution in [0, 0.1) is 0 Å². The van der Waals surface area contributed by atoms with Crippen LogP contribution in [0.3, 0.4) is 0 Å². The maximum Gasteiger partial charge on any atom is 0.140 e. The molecule has 4 heteroatoms. The first-order valence-corrected chi connectivity index (χ1v) is 5.35. The second-order valence-corrected chi connectivity index (χ2v) is 3.65. The molecule has 0 saturated carbocycles. The van der Waals surface area contributed by atoms with Gasteiger partial charge in [0.15, 0.2) is 0 Å². The number of hydrogen-bond donors (Lipinski definition) is 1. The molecule has 0 spiro atoms. The van der Waals surface area contributed by atoms with Crippen molar-refractivity contribution in [2.24, 2.45) is 0 Å². The highest BCUT2D eigenvalue weighted by Crippen LogP contribution is 2.00. The van der Waals surface area contributed by atoms with Gasteiger partial charge in [-0.2, -0.15) is 0 Å². The van der Waals surface area contributed by atoms with Crippen molar-refractivity contribution in [1.82, 2.24) is 0 Å². The second-order valence-electron chi connectivity index (χ2n) is 2.16. The Bertz CT molecular complexity index is 126. The standard InChI is InChI=1S/C6H13ClO2S/c7-5-3-1-2-4-6-10(8)9/h10H,1-6H2. The molecule has 0 aliphatic carbocycles. The van der Waals surface area contributed by atoms with Gasteiger partial charge in [-0.05, 0) is 12.8 Å². The summed E-state index contributed by atoms with van der Waals surface area (Å²) in [6.45, 7) is 0. The molecule has 0 aromatic carbocycles. The molecule has 0 aromatic rings. The number of unbranched alkanes of at least 4 members (excludes halogenated alkanes) is 3. The Morgan fingerprint density at radius 1 is 1.00 bits per heavy atom. The first kappa shape index (κ1) is 10.2. The van der Waals surface area contributed by atoms with Gasteiger partial charge in [0.2, 0.25) is 0 Å². The van der Waals surface area contributed by atoms with Gasteiger partial charge < -0.3 is 0 Å². The molecule has 0 saturated heterocycles. The Morgan fingerprint density at radius 3 is 2.10 bits per heavy atom. The number of thiol groups is 1. The van der Waals surface area contributed by atoms with Crippen LogP contribution in [0.4, 0.5) is 0 Å². The lowest BCUT2D eigenvalue weighted by atomic mass is 10.2. The Balaban J connectivity index is 2.91. The third kappa shape index (κ3) is 8.24. The molecule has 0 aromatic heterocycles. The molecule has 0 heterocycles. The maximum atomic E-state index is 10.0. The summed E-state index contributed by atoms with van der Waals surface area (Å²) in [6.07, 6.45) is 3.81. The molecule has 2 nitrogen and oxygen atoms in total. The Kier molecular flexibility index (Phi) is 7.52.